The molecular formula is C15H16F3NS. The summed E-state index contributed by atoms with van der Waals surface area (Å²) in [5.74, 6) is -3.66. The molecule has 0 aliphatic carbocycles. The van der Waals surface area contributed by atoms with Crippen molar-refractivity contribution < 1.29 is 13.2 Å². The van der Waals surface area contributed by atoms with E-state index in [2.05, 4.69) is 5.32 Å². The van der Waals surface area contributed by atoms with Crippen LogP contribution in [0.3, 0.4) is 0 Å². The van der Waals surface area contributed by atoms with Crippen molar-refractivity contribution in [1.29, 1.82) is 0 Å². The molecule has 1 unspecified atom stereocenters. The molecule has 0 fully saturated rings. The minimum atomic E-state index is -1.41. The Balaban J connectivity index is 2.28. The summed E-state index contributed by atoms with van der Waals surface area (Å²) in [5.41, 5.74) is 0.172. The summed E-state index contributed by atoms with van der Waals surface area (Å²) in [6.45, 7) is 2.69. The Morgan fingerprint density at radius 3 is 2.60 bits per heavy atom. The van der Waals surface area contributed by atoms with Gasteiger partial charge in [-0.05, 0) is 30.5 Å². The van der Waals surface area contributed by atoms with Crippen LogP contribution in [0.15, 0.2) is 29.6 Å². The Kier molecular flexibility index (Phi) is 5.20. The minimum Gasteiger partial charge on any atom is -0.310 e. The van der Waals surface area contributed by atoms with Gasteiger partial charge in [-0.3, -0.25) is 0 Å². The molecule has 1 nitrogen and oxygen atoms in total. The van der Waals surface area contributed by atoms with Crippen LogP contribution in [0, 0.1) is 17.5 Å². The highest BCUT2D eigenvalue weighted by Gasteiger charge is 2.21. The molecule has 1 aromatic heterocycles. The van der Waals surface area contributed by atoms with Crippen molar-refractivity contribution in [2.75, 3.05) is 6.54 Å². The SMILES string of the molecule is CCCNC(Cc1cccs1)c1ccc(F)c(F)c1F. The molecule has 2 aromatic rings. The maximum Gasteiger partial charge on any atom is 0.194 e. The summed E-state index contributed by atoms with van der Waals surface area (Å²) in [4.78, 5) is 1.07. The zero-order chi connectivity index (χ0) is 14.5. The second-order valence-corrected chi connectivity index (χ2v) is 5.59. The third-order valence-corrected chi connectivity index (χ3v) is 3.97. The molecular weight excluding hydrogens is 283 g/mol. The predicted octanol–water partition coefficient (Wildman–Crippen LogP) is 4.45. The number of hydrogen-bond acceptors (Lipinski definition) is 2. The largest absolute Gasteiger partial charge is 0.310 e. The first-order valence-corrected chi connectivity index (χ1v) is 7.40. The van der Waals surface area contributed by atoms with Gasteiger partial charge in [-0.1, -0.05) is 19.1 Å². The molecule has 1 aromatic carbocycles. The van der Waals surface area contributed by atoms with Gasteiger partial charge in [0.1, 0.15) is 0 Å². The van der Waals surface area contributed by atoms with Crippen molar-refractivity contribution in [2.45, 2.75) is 25.8 Å². The quantitative estimate of drug-likeness (QED) is 0.777. The van der Waals surface area contributed by atoms with Crippen molar-refractivity contribution in [1.82, 2.24) is 5.32 Å². The van der Waals surface area contributed by atoms with E-state index in [9.17, 15) is 13.2 Å². The molecule has 0 saturated carbocycles. The van der Waals surface area contributed by atoms with Gasteiger partial charge in [-0.2, -0.15) is 0 Å². The van der Waals surface area contributed by atoms with Gasteiger partial charge in [0.05, 0.1) is 0 Å². The Hall–Kier alpha value is -1.33. The summed E-state index contributed by atoms with van der Waals surface area (Å²) in [7, 11) is 0. The lowest BCUT2D eigenvalue weighted by atomic mass is 10.0. The Morgan fingerprint density at radius 1 is 1.15 bits per heavy atom. The van der Waals surface area contributed by atoms with Crippen molar-refractivity contribution in [3.8, 4) is 0 Å². The van der Waals surface area contributed by atoms with Gasteiger partial charge in [0.15, 0.2) is 17.5 Å². The van der Waals surface area contributed by atoms with Gasteiger partial charge in [-0.25, -0.2) is 13.2 Å². The maximum absolute atomic E-state index is 13.9. The van der Waals surface area contributed by atoms with Crippen molar-refractivity contribution in [3.05, 3.63) is 57.5 Å². The minimum absolute atomic E-state index is 0.172. The summed E-state index contributed by atoms with van der Waals surface area (Å²) < 4.78 is 40.3. The van der Waals surface area contributed by atoms with E-state index in [0.717, 1.165) is 17.4 Å². The lowest BCUT2D eigenvalue weighted by molar-refractivity contribution is 0.423. The highest BCUT2D eigenvalue weighted by molar-refractivity contribution is 7.09. The lowest BCUT2D eigenvalue weighted by Gasteiger charge is -2.19. The highest BCUT2D eigenvalue weighted by atomic mass is 32.1. The third-order valence-electron chi connectivity index (χ3n) is 3.07. The van der Waals surface area contributed by atoms with Gasteiger partial charge in [0.2, 0.25) is 0 Å². The average Bonchev–Trinajstić information content (AvgIpc) is 2.94. The molecule has 0 spiro atoms. The molecule has 20 heavy (non-hydrogen) atoms. The number of benzene rings is 1. The number of thiophene rings is 1. The van der Waals surface area contributed by atoms with E-state index in [0.29, 0.717) is 13.0 Å². The van der Waals surface area contributed by atoms with Crippen LogP contribution in [0.2, 0.25) is 0 Å². The molecule has 0 aliphatic rings. The highest BCUT2D eigenvalue weighted by Crippen LogP contribution is 2.26. The topological polar surface area (TPSA) is 12.0 Å². The van der Waals surface area contributed by atoms with Crippen molar-refractivity contribution in [2.24, 2.45) is 0 Å². The number of nitrogens with one attached hydrogen (secondary N) is 1. The molecule has 0 saturated heterocycles. The molecule has 2 rings (SSSR count). The monoisotopic (exact) mass is 299 g/mol. The van der Waals surface area contributed by atoms with Crippen molar-refractivity contribution in [3.63, 3.8) is 0 Å². The van der Waals surface area contributed by atoms with E-state index in [1.807, 2.05) is 24.4 Å². The molecule has 1 N–H and O–H groups in total. The van der Waals surface area contributed by atoms with Gasteiger partial charge in [0, 0.05) is 22.9 Å². The smallest absolute Gasteiger partial charge is 0.194 e. The van der Waals surface area contributed by atoms with Crippen LogP contribution in [0.1, 0.15) is 29.8 Å². The Labute approximate surface area is 120 Å². The predicted molar refractivity (Wildman–Crippen MR) is 75.4 cm³/mol. The number of hydrogen-bond donors (Lipinski definition) is 1. The molecule has 5 heteroatoms. The first-order chi connectivity index (χ1) is 9.63. The van der Waals surface area contributed by atoms with Crippen LogP contribution in [-0.2, 0) is 6.42 Å². The first-order valence-electron chi connectivity index (χ1n) is 6.52. The van der Waals surface area contributed by atoms with Crippen LogP contribution < -0.4 is 5.32 Å². The van der Waals surface area contributed by atoms with Crippen molar-refractivity contribution >= 4 is 11.3 Å². The van der Waals surface area contributed by atoms with Crippen LogP contribution in [0.5, 0.6) is 0 Å². The molecule has 0 bridgehead atoms. The fourth-order valence-electron chi connectivity index (χ4n) is 2.05. The maximum atomic E-state index is 13.9. The van der Waals surface area contributed by atoms with E-state index in [4.69, 9.17) is 0 Å². The average molecular weight is 299 g/mol. The first kappa shape index (κ1) is 15.1. The number of rotatable bonds is 6. The molecule has 108 valence electrons. The summed E-state index contributed by atoms with van der Waals surface area (Å²) >= 11 is 1.56. The lowest BCUT2D eigenvalue weighted by Crippen LogP contribution is -2.25. The molecule has 1 atom stereocenters. The fourth-order valence-corrected chi connectivity index (χ4v) is 2.80. The van der Waals surface area contributed by atoms with E-state index < -0.39 is 17.5 Å². The van der Waals surface area contributed by atoms with Gasteiger partial charge >= 0.3 is 0 Å². The van der Waals surface area contributed by atoms with Gasteiger partial charge < -0.3 is 5.32 Å². The van der Waals surface area contributed by atoms with E-state index >= 15 is 0 Å². The normalized spacial score (nSPS) is 12.6. The van der Waals surface area contributed by atoms with E-state index in [-0.39, 0.29) is 11.6 Å². The summed E-state index contributed by atoms with van der Waals surface area (Å²) in [6, 6.07) is 5.79. The fraction of sp³-hybridized carbons (Fsp3) is 0.333. The van der Waals surface area contributed by atoms with Crippen LogP contribution in [-0.4, -0.2) is 6.54 Å². The third kappa shape index (κ3) is 3.41. The number of halogens is 3. The Bertz CT molecular complexity index is 554. The molecule has 0 amide bonds. The van der Waals surface area contributed by atoms with Gasteiger partial charge in [-0.15, -0.1) is 11.3 Å². The zero-order valence-corrected chi connectivity index (χ0v) is 11.9. The zero-order valence-electron chi connectivity index (χ0n) is 11.1. The van der Waals surface area contributed by atoms with Crippen LogP contribution in [0.4, 0.5) is 13.2 Å². The standard InChI is InChI=1S/C15H16F3NS/c1-2-7-19-13(9-10-4-3-8-20-10)11-5-6-12(16)15(18)14(11)17/h3-6,8,13,19H,2,7,9H2,1H3. The second kappa shape index (κ2) is 6.90. The van der Waals surface area contributed by atoms with Gasteiger partial charge in [0.25, 0.3) is 0 Å². The summed E-state index contributed by atoms with van der Waals surface area (Å²) in [5, 5.41) is 5.13. The van der Waals surface area contributed by atoms with E-state index in [1.54, 1.807) is 11.3 Å². The second-order valence-electron chi connectivity index (χ2n) is 4.55. The van der Waals surface area contributed by atoms with Crippen LogP contribution in [0.25, 0.3) is 0 Å². The van der Waals surface area contributed by atoms with Crippen LogP contribution >= 0.6 is 11.3 Å². The molecule has 0 radical (unpaired) electrons. The van der Waals surface area contributed by atoms with E-state index in [1.165, 1.54) is 6.07 Å². The molecule has 0 aliphatic heterocycles. The summed E-state index contributed by atoms with van der Waals surface area (Å²) in [6.07, 6.45) is 1.44. The molecule has 1 heterocycles. The Morgan fingerprint density at radius 2 is 1.95 bits per heavy atom.